The zero-order valence-electron chi connectivity index (χ0n) is 8.98. The third-order valence-corrected chi connectivity index (χ3v) is 2.02. The third-order valence-electron chi connectivity index (χ3n) is 2.02. The van der Waals surface area contributed by atoms with Crippen molar-refractivity contribution in [1.29, 1.82) is 0 Å². The molecule has 4 nitrogen and oxygen atoms in total. The summed E-state index contributed by atoms with van der Waals surface area (Å²) >= 11 is 0. The number of carbonyl (C=O) groups excluding carboxylic acids is 1. The summed E-state index contributed by atoms with van der Waals surface area (Å²) in [5.41, 5.74) is 11.6. The maximum absolute atomic E-state index is 13.3. The maximum atomic E-state index is 13.3. The number of benzene rings is 1. The Morgan fingerprint density at radius 1 is 1.38 bits per heavy atom. The van der Waals surface area contributed by atoms with Gasteiger partial charge in [0.05, 0.1) is 12.7 Å². The number of hydrogen-bond donors (Lipinski definition) is 2. The van der Waals surface area contributed by atoms with Crippen LogP contribution in [0.25, 0.3) is 0 Å². The first-order valence-corrected chi connectivity index (χ1v) is 4.74. The minimum absolute atomic E-state index is 0.0221. The van der Waals surface area contributed by atoms with E-state index in [-0.39, 0.29) is 12.2 Å². The molecule has 0 atom stereocenters. The highest BCUT2D eigenvalue weighted by molar-refractivity contribution is 5.90. The van der Waals surface area contributed by atoms with Gasteiger partial charge in [-0.05, 0) is 12.5 Å². The van der Waals surface area contributed by atoms with Crippen LogP contribution in [0.3, 0.4) is 0 Å². The van der Waals surface area contributed by atoms with Gasteiger partial charge in [0.2, 0.25) is 0 Å². The van der Waals surface area contributed by atoms with E-state index >= 15 is 0 Å². The van der Waals surface area contributed by atoms with E-state index in [0.29, 0.717) is 5.12 Å². The molecule has 0 spiro atoms. The molecule has 0 heterocycles. The molecule has 1 aromatic carbocycles. The Kier molecular flexibility index (Phi) is 3.88. The van der Waals surface area contributed by atoms with Crippen molar-refractivity contribution in [3.63, 3.8) is 0 Å². The third kappa shape index (κ3) is 3.61. The average molecular weight is 223 g/mol. The van der Waals surface area contributed by atoms with Crippen LogP contribution < -0.4 is 11.5 Å². The SMILES string of the molecule is Cc1ccc(CN(F)/C=C(\N)C(N)=O)cc1. The Morgan fingerprint density at radius 3 is 2.44 bits per heavy atom. The molecule has 0 radical (unpaired) electrons. The van der Waals surface area contributed by atoms with Crippen molar-refractivity contribution in [3.8, 4) is 0 Å². The minimum Gasteiger partial charge on any atom is -0.393 e. The summed E-state index contributed by atoms with van der Waals surface area (Å²) in [4.78, 5) is 10.6. The fourth-order valence-corrected chi connectivity index (χ4v) is 1.13. The van der Waals surface area contributed by atoms with E-state index in [9.17, 15) is 9.28 Å². The van der Waals surface area contributed by atoms with Crippen molar-refractivity contribution in [2.24, 2.45) is 11.5 Å². The van der Waals surface area contributed by atoms with Crippen LogP contribution >= 0.6 is 0 Å². The van der Waals surface area contributed by atoms with E-state index in [0.717, 1.165) is 17.3 Å². The largest absolute Gasteiger partial charge is 0.393 e. The summed E-state index contributed by atoms with van der Waals surface area (Å²) in [5, 5.41) is 0.324. The van der Waals surface area contributed by atoms with Crippen molar-refractivity contribution in [3.05, 3.63) is 47.3 Å². The molecule has 0 aliphatic carbocycles. The van der Waals surface area contributed by atoms with Crippen molar-refractivity contribution in [2.45, 2.75) is 13.5 Å². The van der Waals surface area contributed by atoms with Gasteiger partial charge in [-0.15, -0.1) is 4.48 Å². The summed E-state index contributed by atoms with van der Waals surface area (Å²) in [6, 6.07) is 7.36. The molecular weight excluding hydrogens is 209 g/mol. The smallest absolute Gasteiger partial charge is 0.266 e. The first kappa shape index (κ1) is 12.0. The molecule has 0 aromatic heterocycles. The average Bonchev–Trinajstić information content (AvgIpc) is 2.21. The number of nitrogens with zero attached hydrogens (tertiary/aromatic N) is 1. The summed E-state index contributed by atoms with van der Waals surface area (Å²) in [7, 11) is 0. The van der Waals surface area contributed by atoms with Gasteiger partial charge >= 0.3 is 0 Å². The molecule has 1 amide bonds. The number of primary amides is 1. The number of aryl methyl sites for hydroxylation is 1. The molecule has 0 saturated carbocycles. The van der Waals surface area contributed by atoms with Crippen LogP contribution in [0.5, 0.6) is 0 Å². The van der Waals surface area contributed by atoms with Crippen molar-refractivity contribution in [2.75, 3.05) is 0 Å². The van der Waals surface area contributed by atoms with Crippen LogP contribution in [0.2, 0.25) is 0 Å². The van der Waals surface area contributed by atoms with Crippen molar-refractivity contribution < 1.29 is 9.28 Å². The molecule has 0 bridgehead atoms. The lowest BCUT2D eigenvalue weighted by Gasteiger charge is -2.09. The normalized spacial score (nSPS) is 11.2. The van der Waals surface area contributed by atoms with Gasteiger partial charge in [-0.25, -0.2) is 5.12 Å². The Balaban J connectivity index is 2.64. The number of hydrogen-bond acceptors (Lipinski definition) is 3. The van der Waals surface area contributed by atoms with Crippen LogP contribution in [-0.4, -0.2) is 11.0 Å². The zero-order valence-corrected chi connectivity index (χ0v) is 8.98. The zero-order chi connectivity index (χ0) is 12.1. The van der Waals surface area contributed by atoms with Gasteiger partial charge < -0.3 is 11.5 Å². The van der Waals surface area contributed by atoms with E-state index in [4.69, 9.17) is 11.5 Å². The fraction of sp³-hybridized carbons (Fsp3) is 0.182. The molecule has 0 saturated heterocycles. The lowest BCUT2D eigenvalue weighted by molar-refractivity contribution is -0.114. The molecule has 4 N–H and O–H groups in total. The second kappa shape index (κ2) is 5.16. The van der Waals surface area contributed by atoms with Crippen LogP contribution in [0.1, 0.15) is 11.1 Å². The second-order valence-electron chi connectivity index (χ2n) is 3.49. The van der Waals surface area contributed by atoms with Gasteiger partial charge in [0.15, 0.2) is 0 Å². The highest BCUT2D eigenvalue weighted by Gasteiger charge is 2.04. The van der Waals surface area contributed by atoms with Gasteiger partial charge in [-0.1, -0.05) is 29.8 Å². The highest BCUT2D eigenvalue weighted by Crippen LogP contribution is 2.08. The van der Waals surface area contributed by atoms with Crippen LogP contribution in [0, 0.1) is 6.92 Å². The van der Waals surface area contributed by atoms with Crippen LogP contribution in [0.15, 0.2) is 36.2 Å². The monoisotopic (exact) mass is 223 g/mol. The Morgan fingerprint density at radius 2 is 1.94 bits per heavy atom. The number of nitrogens with two attached hydrogens (primary N) is 2. The molecule has 0 aliphatic rings. The number of amides is 1. The van der Waals surface area contributed by atoms with Crippen LogP contribution in [0.4, 0.5) is 4.48 Å². The molecule has 0 fully saturated rings. The van der Waals surface area contributed by atoms with Gasteiger partial charge in [-0.3, -0.25) is 4.79 Å². The summed E-state index contributed by atoms with van der Waals surface area (Å²) in [6.07, 6.45) is 0.877. The summed E-state index contributed by atoms with van der Waals surface area (Å²) in [6.45, 7) is 1.97. The number of halogens is 1. The molecule has 1 rings (SSSR count). The minimum atomic E-state index is -0.841. The molecular formula is C11H14FN3O. The number of carbonyl (C=O) groups is 1. The second-order valence-corrected chi connectivity index (χ2v) is 3.49. The Hall–Kier alpha value is -2.04. The lowest BCUT2D eigenvalue weighted by atomic mass is 10.1. The van der Waals surface area contributed by atoms with Gasteiger partial charge in [0, 0.05) is 0 Å². The van der Waals surface area contributed by atoms with E-state index in [2.05, 4.69) is 0 Å². The molecule has 5 heteroatoms. The van der Waals surface area contributed by atoms with Crippen LogP contribution in [-0.2, 0) is 11.3 Å². The standard InChI is InChI=1S/C11H14FN3O/c1-8-2-4-9(5-3-8)6-15(12)7-10(13)11(14)16/h2-5,7H,6,13H2,1H3,(H2,14,16)/b10-7-. The first-order chi connectivity index (χ1) is 7.49. The molecule has 0 unspecified atom stereocenters. The van der Waals surface area contributed by atoms with Gasteiger partial charge in [0.25, 0.3) is 5.91 Å². The molecule has 86 valence electrons. The quantitative estimate of drug-likeness (QED) is 0.590. The predicted octanol–water partition coefficient (Wildman–Crippen LogP) is 0.967. The van der Waals surface area contributed by atoms with Gasteiger partial charge in [-0.2, -0.15) is 0 Å². The van der Waals surface area contributed by atoms with E-state index in [1.807, 2.05) is 19.1 Å². The Bertz CT molecular complexity index is 400. The molecule has 1 aromatic rings. The maximum Gasteiger partial charge on any atom is 0.266 e. The van der Waals surface area contributed by atoms with Gasteiger partial charge in [0.1, 0.15) is 5.70 Å². The van der Waals surface area contributed by atoms with Crippen molar-refractivity contribution in [1.82, 2.24) is 5.12 Å². The lowest BCUT2D eigenvalue weighted by Crippen LogP contribution is -2.22. The van der Waals surface area contributed by atoms with Crippen molar-refractivity contribution >= 4 is 5.91 Å². The topological polar surface area (TPSA) is 72.3 Å². The highest BCUT2D eigenvalue weighted by atomic mass is 19.2. The molecule has 16 heavy (non-hydrogen) atoms. The fourth-order valence-electron chi connectivity index (χ4n) is 1.13. The predicted molar refractivity (Wildman–Crippen MR) is 59.3 cm³/mol. The summed E-state index contributed by atoms with van der Waals surface area (Å²) < 4.78 is 13.3. The van der Waals surface area contributed by atoms with E-state index < -0.39 is 5.91 Å². The molecule has 0 aliphatic heterocycles. The number of rotatable bonds is 4. The first-order valence-electron chi connectivity index (χ1n) is 4.74. The Labute approximate surface area is 93.3 Å². The van der Waals surface area contributed by atoms with E-state index in [1.165, 1.54) is 0 Å². The summed E-state index contributed by atoms with van der Waals surface area (Å²) in [5.74, 6) is -0.841. The van der Waals surface area contributed by atoms with E-state index in [1.54, 1.807) is 12.1 Å².